The molecule has 2 heterocycles. The van der Waals surface area contributed by atoms with Crippen molar-refractivity contribution in [3.8, 4) is 23.0 Å². The number of benzene rings is 2. The minimum absolute atomic E-state index is 0.218. The molecule has 0 bridgehead atoms. The van der Waals surface area contributed by atoms with Gasteiger partial charge in [-0.05, 0) is 42.9 Å². The number of ether oxygens (including phenoxy) is 2. The zero-order valence-corrected chi connectivity index (χ0v) is 19.6. The maximum Gasteiger partial charge on any atom is 0.220 e. The Labute approximate surface area is 199 Å². The molecule has 0 saturated heterocycles. The van der Waals surface area contributed by atoms with Crippen molar-refractivity contribution in [3.63, 3.8) is 0 Å². The Kier molecular flexibility index (Phi) is 4.90. The molecule has 6 rings (SSSR count). The molecule has 0 unspecified atom stereocenters. The summed E-state index contributed by atoms with van der Waals surface area (Å²) in [7, 11) is 3.36. The lowest BCUT2D eigenvalue weighted by Gasteiger charge is -2.50. The van der Waals surface area contributed by atoms with Crippen molar-refractivity contribution in [1.82, 2.24) is 15.1 Å². The van der Waals surface area contributed by atoms with E-state index in [1.54, 1.807) is 14.2 Å². The van der Waals surface area contributed by atoms with Gasteiger partial charge in [0.05, 0.1) is 31.7 Å². The normalized spacial score (nSPS) is 22.9. The van der Waals surface area contributed by atoms with E-state index >= 15 is 0 Å². The van der Waals surface area contributed by atoms with E-state index in [-0.39, 0.29) is 11.3 Å². The van der Waals surface area contributed by atoms with E-state index in [4.69, 9.17) is 24.0 Å². The largest absolute Gasteiger partial charge is 0.496 e. The van der Waals surface area contributed by atoms with Crippen LogP contribution >= 0.6 is 0 Å². The lowest BCUT2D eigenvalue weighted by Crippen LogP contribution is -2.48. The summed E-state index contributed by atoms with van der Waals surface area (Å²) < 4.78 is 17.2. The van der Waals surface area contributed by atoms with Gasteiger partial charge in [0.1, 0.15) is 11.5 Å². The summed E-state index contributed by atoms with van der Waals surface area (Å²) in [6.07, 6.45) is 4.51. The third kappa shape index (κ3) is 2.91. The molecule has 0 radical (unpaired) electrons. The first-order chi connectivity index (χ1) is 16.7. The number of rotatable bonds is 4. The Hall–Kier alpha value is -3.67. The van der Waals surface area contributed by atoms with Crippen LogP contribution in [0.5, 0.6) is 11.6 Å². The van der Waals surface area contributed by atoms with Gasteiger partial charge in [-0.25, -0.2) is 4.98 Å². The summed E-state index contributed by atoms with van der Waals surface area (Å²) in [4.78, 5) is 10.2. The minimum Gasteiger partial charge on any atom is -0.496 e. The van der Waals surface area contributed by atoms with E-state index in [2.05, 4.69) is 42.4 Å². The molecule has 2 aromatic carbocycles. The first-order valence-corrected chi connectivity index (χ1v) is 11.7. The molecule has 4 aromatic rings. The molecule has 0 fully saturated rings. The van der Waals surface area contributed by atoms with Gasteiger partial charge in [-0.15, -0.1) is 0 Å². The number of aromatic nitrogens is 3. The minimum atomic E-state index is -0.334. The molecule has 0 N–H and O–H groups in total. The smallest absolute Gasteiger partial charge is 0.220 e. The molecule has 0 amide bonds. The highest BCUT2D eigenvalue weighted by Crippen LogP contribution is 2.57. The predicted molar refractivity (Wildman–Crippen MR) is 128 cm³/mol. The van der Waals surface area contributed by atoms with Crippen molar-refractivity contribution < 1.29 is 14.0 Å². The number of methoxy groups -OCH3 is 2. The van der Waals surface area contributed by atoms with E-state index in [0.717, 1.165) is 53.2 Å². The van der Waals surface area contributed by atoms with Gasteiger partial charge in [0.25, 0.3) is 0 Å². The van der Waals surface area contributed by atoms with Crippen molar-refractivity contribution in [2.45, 2.75) is 37.5 Å². The van der Waals surface area contributed by atoms with Crippen LogP contribution in [0.25, 0.3) is 11.4 Å². The molecule has 2 aliphatic rings. The van der Waals surface area contributed by atoms with Crippen LogP contribution in [0, 0.1) is 5.92 Å². The molecule has 2 aliphatic carbocycles. The maximum atomic E-state index is 5.87. The summed E-state index contributed by atoms with van der Waals surface area (Å²) in [5, 5.41) is 4.17. The van der Waals surface area contributed by atoms with Crippen molar-refractivity contribution in [2.75, 3.05) is 14.2 Å². The lowest BCUT2D eigenvalue weighted by atomic mass is 9.53. The molecule has 6 nitrogen and oxygen atoms in total. The number of para-hydroxylation sites is 1. The van der Waals surface area contributed by atoms with Crippen LogP contribution in [-0.4, -0.2) is 29.3 Å². The van der Waals surface area contributed by atoms with Crippen molar-refractivity contribution >= 4 is 0 Å². The first kappa shape index (κ1) is 20.9. The van der Waals surface area contributed by atoms with E-state index in [9.17, 15) is 0 Å². The second-order valence-corrected chi connectivity index (χ2v) is 9.25. The average Bonchev–Trinajstić information content (AvgIpc) is 3.37. The summed E-state index contributed by atoms with van der Waals surface area (Å²) in [5.74, 6) is 3.54. The van der Waals surface area contributed by atoms with Gasteiger partial charge < -0.3 is 14.0 Å². The van der Waals surface area contributed by atoms with Crippen LogP contribution in [0.2, 0.25) is 0 Å². The topological polar surface area (TPSA) is 70.3 Å². The van der Waals surface area contributed by atoms with Crippen LogP contribution in [0.1, 0.15) is 47.4 Å². The first-order valence-electron chi connectivity index (χ1n) is 11.7. The average molecular weight is 454 g/mol. The second-order valence-electron chi connectivity index (χ2n) is 9.25. The molecule has 0 saturated carbocycles. The standard InChI is InChI=1S/C28H27N3O3/c1-17-22-14-13-21-25(30-26(31-27(21)33-3)20-11-7-8-12-23(20)32-2)28(22,19-9-5-4-6-10-19)15-18-16-29-34-24(17)18/h4-12,16-17,22H,13-15H2,1-3H3/t17-,22-,28+/m0/s1. The van der Waals surface area contributed by atoms with Gasteiger partial charge in [-0.2, -0.15) is 4.98 Å². The number of nitrogens with zero attached hydrogens (tertiary/aromatic N) is 3. The van der Waals surface area contributed by atoms with Crippen LogP contribution in [0.4, 0.5) is 0 Å². The number of hydrogen-bond acceptors (Lipinski definition) is 6. The van der Waals surface area contributed by atoms with Crippen LogP contribution in [-0.2, 0) is 18.3 Å². The quantitative estimate of drug-likeness (QED) is 0.414. The van der Waals surface area contributed by atoms with Crippen LogP contribution < -0.4 is 9.47 Å². The zero-order chi connectivity index (χ0) is 23.3. The molecule has 2 aromatic heterocycles. The molecular formula is C28H27N3O3. The highest BCUT2D eigenvalue weighted by Gasteiger charge is 2.54. The molecule has 0 spiro atoms. The summed E-state index contributed by atoms with van der Waals surface area (Å²) in [5.41, 5.74) is 5.06. The van der Waals surface area contributed by atoms with Crippen LogP contribution in [0.3, 0.4) is 0 Å². The van der Waals surface area contributed by atoms with Gasteiger partial charge in [0, 0.05) is 22.5 Å². The second kappa shape index (κ2) is 7.97. The monoisotopic (exact) mass is 453 g/mol. The summed E-state index contributed by atoms with van der Waals surface area (Å²) in [6, 6.07) is 18.6. The fourth-order valence-electron chi connectivity index (χ4n) is 6.24. The van der Waals surface area contributed by atoms with Gasteiger partial charge in [-0.3, -0.25) is 0 Å². The maximum absolute atomic E-state index is 5.87. The molecule has 6 heteroatoms. The van der Waals surface area contributed by atoms with E-state index < -0.39 is 0 Å². The summed E-state index contributed by atoms with van der Waals surface area (Å²) >= 11 is 0. The van der Waals surface area contributed by atoms with Gasteiger partial charge in [-0.1, -0.05) is 54.5 Å². The van der Waals surface area contributed by atoms with Crippen molar-refractivity contribution in [3.05, 3.63) is 88.9 Å². The molecule has 0 aliphatic heterocycles. The van der Waals surface area contributed by atoms with Crippen molar-refractivity contribution in [2.24, 2.45) is 5.92 Å². The Morgan fingerprint density at radius 3 is 2.56 bits per heavy atom. The lowest BCUT2D eigenvalue weighted by molar-refractivity contribution is 0.186. The molecule has 3 atom stereocenters. The zero-order valence-electron chi connectivity index (χ0n) is 19.6. The Morgan fingerprint density at radius 2 is 1.76 bits per heavy atom. The number of hydrogen-bond donors (Lipinski definition) is 0. The third-order valence-corrected chi connectivity index (χ3v) is 7.72. The highest BCUT2D eigenvalue weighted by molar-refractivity contribution is 5.66. The molecule has 34 heavy (non-hydrogen) atoms. The van der Waals surface area contributed by atoms with Gasteiger partial charge in [0.15, 0.2) is 5.82 Å². The molecule has 172 valence electrons. The molecular weight excluding hydrogens is 426 g/mol. The summed E-state index contributed by atoms with van der Waals surface area (Å²) in [6.45, 7) is 2.26. The number of fused-ring (bicyclic) bond motifs is 4. The van der Waals surface area contributed by atoms with E-state index in [1.807, 2.05) is 30.5 Å². The Bertz CT molecular complexity index is 1350. The fourth-order valence-corrected chi connectivity index (χ4v) is 6.24. The van der Waals surface area contributed by atoms with Gasteiger partial charge in [0.2, 0.25) is 5.88 Å². The Balaban J connectivity index is 1.67. The van der Waals surface area contributed by atoms with E-state index in [1.165, 1.54) is 5.56 Å². The fraction of sp³-hybridized carbons (Fsp3) is 0.321. The SMILES string of the molecule is COc1ccccc1-c1nc(OC)c2c(n1)[C@@]1(c3ccccc3)Cc3cnoc3[C@@H](C)[C@@H]1CC2. The van der Waals surface area contributed by atoms with Crippen LogP contribution in [0.15, 0.2) is 65.3 Å². The van der Waals surface area contributed by atoms with Crippen molar-refractivity contribution in [1.29, 1.82) is 0 Å². The predicted octanol–water partition coefficient (Wildman–Crippen LogP) is 5.36. The third-order valence-electron chi connectivity index (χ3n) is 7.72. The Morgan fingerprint density at radius 1 is 0.971 bits per heavy atom. The van der Waals surface area contributed by atoms with Gasteiger partial charge >= 0.3 is 0 Å². The van der Waals surface area contributed by atoms with E-state index in [0.29, 0.717) is 17.6 Å². The highest BCUT2D eigenvalue weighted by atomic mass is 16.5.